The highest BCUT2D eigenvalue weighted by atomic mass is 32.2. The number of hydrogen-bond acceptors (Lipinski definition) is 7. The predicted molar refractivity (Wildman–Crippen MR) is 117 cm³/mol. The van der Waals surface area contributed by atoms with E-state index >= 15 is 0 Å². The third kappa shape index (κ3) is 4.35. The van der Waals surface area contributed by atoms with E-state index in [1.807, 2.05) is 61.5 Å². The minimum Gasteiger partial charge on any atom is -0.268 e. The molecule has 4 rings (SSSR count). The number of hydrogen-bond donors (Lipinski definition) is 0. The van der Waals surface area contributed by atoms with Crippen LogP contribution in [-0.2, 0) is 6.54 Å². The summed E-state index contributed by atoms with van der Waals surface area (Å²) in [4.78, 5) is 17.9. The van der Waals surface area contributed by atoms with E-state index in [1.54, 1.807) is 32.8 Å². The summed E-state index contributed by atoms with van der Waals surface area (Å²) in [5.74, 6) is 1.74. The highest BCUT2D eigenvalue weighted by Gasteiger charge is 2.13. The molecule has 0 N–H and O–H groups in total. The standard InChI is InChI=1S/C20H20N6OS2/c1-2-25-20(22-23-24-25)29-14-8-13-28-19-21-17-12-7-6-11-16(17)18(27)26(19)15-9-4-3-5-10-15/h3-7,9-12H,2,8,13-14H2,1H3. The Kier molecular flexibility index (Phi) is 6.26. The molecule has 0 bridgehead atoms. The summed E-state index contributed by atoms with van der Waals surface area (Å²) in [5, 5.41) is 13.9. The molecule has 0 radical (unpaired) electrons. The molecule has 0 fully saturated rings. The number of nitrogens with zero attached hydrogens (tertiary/aromatic N) is 6. The van der Waals surface area contributed by atoms with Gasteiger partial charge in [-0.05, 0) is 48.0 Å². The summed E-state index contributed by atoms with van der Waals surface area (Å²) in [6.45, 7) is 2.78. The van der Waals surface area contributed by atoms with Gasteiger partial charge in [0, 0.05) is 18.1 Å². The second-order valence-electron chi connectivity index (χ2n) is 6.22. The molecular formula is C20H20N6OS2. The summed E-state index contributed by atoms with van der Waals surface area (Å²) in [7, 11) is 0. The Hall–Kier alpha value is -2.65. The molecule has 0 amide bonds. The van der Waals surface area contributed by atoms with Crippen LogP contribution in [0, 0.1) is 0 Å². The van der Waals surface area contributed by atoms with E-state index in [9.17, 15) is 4.79 Å². The quantitative estimate of drug-likeness (QED) is 0.243. The fraction of sp³-hybridized carbons (Fsp3) is 0.250. The molecule has 2 aromatic heterocycles. The van der Waals surface area contributed by atoms with Gasteiger partial charge in [-0.1, -0.05) is 53.9 Å². The zero-order valence-electron chi connectivity index (χ0n) is 15.9. The Labute approximate surface area is 176 Å². The van der Waals surface area contributed by atoms with Gasteiger partial charge in [0.15, 0.2) is 5.16 Å². The van der Waals surface area contributed by atoms with Gasteiger partial charge >= 0.3 is 0 Å². The maximum absolute atomic E-state index is 13.1. The Morgan fingerprint density at radius 2 is 1.66 bits per heavy atom. The Morgan fingerprint density at radius 1 is 0.931 bits per heavy atom. The van der Waals surface area contributed by atoms with E-state index in [4.69, 9.17) is 4.98 Å². The molecule has 0 unspecified atom stereocenters. The molecule has 2 heterocycles. The number of benzene rings is 2. The molecule has 148 valence electrons. The molecule has 0 saturated carbocycles. The Bertz CT molecular complexity index is 1160. The number of aromatic nitrogens is 6. The number of thioether (sulfide) groups is 2. The first-order valence-corrected chi connectivity index (χ1v) is 11.3. The van der Waals surface area contributed by atoms with Crippen LogP contribution in [0.25, 0.3) is 16.6 Å². The largest absolute Gasteiger partial charge is 0.268 e. The lowest BCUT2D eigenvalue weighted by Crippen LogP contribution is -2.21. The first kappa shape index (κ1) is 19.7. The van der Waals surface area contributed by atoms with Crippen molar-refractivity contribution in [2.24, 2.45) is 0 Å². The van der Waals surface area contributed by atoms with E-state index < -0.39 is 0 Å². The molecule has 0 aliphatic rings. The molecule has 29 heavy (non-hydrogen) atoms. The third-order valence-electron chi connectivity index (χ3n) is 4.31. The monoisotopic (exact) mass is 424 g/mol. The number of rotatable bonds is 8. The van der Waals surface area contributed by atoms with Crippen molar-refractivity contribution < 1.29 is 0 Å². The van der Waals surface area contributed by atoms with Crippen LogP contribution in [0.4, 0.5) is 0 Å². The number of fused-ring (bicyclic) bond motifs is 1. The minimum atomic E-state index is -0.0409. The van der Waals surface area contributed by atoms with Gasteiger partial charge in [-0.25, -0.2) is 9.67 Å². The van der Waals surface area contributed by atoms with Gasteiger partial charge in [-0.3, -0.25) is 9.36 Å². The number of aryl methyl sites for hydroxylation is 1. The van der Waals surface area contributed by atoms with Crippen LogP contribution in [0.15, 0.2) is 69.7 Å². The summed E-state index contributed by atoms with van der Waals surface area (Å²) >= 11 is 3.24. The van der Waals surface area contributed by atoms with E-state index in [1.165, 1.54) is 0 Å². The Morgan fingerprint density at radius 3 is 2.45 bits per heavy atom. The lowest BCUT2D eigenvalue weighted by atomic mass is 10.2. The summed E-state index contributed by atoms with van der Waals surface area (Å²) in [6.07, 6.45) is 0.948. The lowest BCUT2D eigenvalue weighted by molar-refractivity contribution is 0.581. The molecule has 9 heteroatoms. The van der Waals surface area contributed by atoms with Gasteiger partial charge < -0.3 is 0 Å². The summed E-state index contributed by atoms with van der Waals surface area (Å²) in [6, 6.07) is 17.2. The predicted octanol–water partition coefficient (Wildman–Crippen LogP) is 3.67. The first-order chi connectivity index (χ1) is 14.3. The van der Waals surface area contributed by atoms with Crippen molar-refractivity contribution in [1.82, 2.24) is 29.8 Å². The van der Waals surface area contributed by atoms with Crippen LogP contribution in [0.2, 0.25) is 0 Å². The van der Waals surface area contributed by atoms with Crippen molar-refractivity contribution in [3.05, 3.63) is 65.0 Å². The normalized spacial score (nSPS) is 11.2. The van der Waals surface area contributed by atoms with Gasteiger partial charge in [0.05, 0.1) is 16.6 Å². The molecule has 4 aromatic rings. The fourth-order valence-corrected chi connectivity index (χ4v) is 4.91. The van der Waals surface area contributed by atoms with E-state index in [2.05, 4.69) is 15.5 Å². The summed E-state index contributed by atoms with van der Waals surface area (Å²) in [5.41, 5.74) is 1.51. The number of tetrazole rings is 1. The van der Waals surface area contributed by atoms with Gasteiger partial charge in [0.1, 0.15) is 0 Å². The molecule has 0 saturated heterocycles. The summed E-state index contributed by atoms with van der Waals surface area (Å²) < 4.78 is 3.49. The third-order valence-corrected chi connectivity index (χ3v) is 6.38. The minimum absolute atomic E-state index is 0.0409. The number of para-hydroxylation sites is 2. The molecule has 2 aromatic carbocycles. The van der Waals surface area contributed by atoms with Crippen molar-refractivity contribution in [1.29, 1.82) is 0 Å². The van der Waals surface area contributed by atoms with Crippen molar-refractivity contribution in [2.75, 3.05) is 11.5 Å². The topological polar surface area (TPSA) is 78.5 Å². The van der Waals surface area contributed by atoms with Gasteiger partial charge in [-0.15, -0.1) is 5.10 Å². The van der Waals surface area contributed by atoms with Gasteiger partial charge in [0.2, 0.25) is 5.16 Å². The van der Waals surface area contributed by atoms with Crippen LogP contribution in [-0.4, -0.2) is 41.3 Å². The molecule has 0 spiro atoms. The average molecular weight is 425 g/mol. The molecule has 0 atom stereocenters. The van der Waals surface area contributed by atoms with Crippen LogP contribution >= 0.6 is 23.5 Å². The first-order valence-electron chi connectivity index (χ1n) is 9.37. The highest BCUT2D eigenvalue weighted by Crippen LogP contribution is 2.23. The maximum atomic E-state index is 13.1. The van der Waals surface area contributed by atoms with Crippen molar-refractivity contribution in [3.8, 4) is 5.69 Å². The second-order valence-corrected chi connectivity index (χ2v) is 8.34. The van der Waals surface area contributed by atoms with E-state index in [0.29, 0.717) is 10.5 Å². The van der Waals surface area contributed by atoms with Gasteiger partial charge in [0.25, 0.3) is 5.56 Å². The maximum Gasteiger partial charge on any atom is 0.266 e. The zero-order chi connectivity index (χ0) is 20.1. The van der Waals surface area contributed by atoms with Crippen molar-refractivity contribution >= 4 is 34.4 Å². The molecule has 7 nitrogen and oxygen atoms in total. The van der Waals surface area contributed by atoms with Crippen LogP contribution in [0.5, 0.6) is 0 Å². The average Bonchev–Trinajstić information content (AvgIpc) is 3.22. The van der Waals surface area contributed by atoms with Crippen molar-refractivity contribution in [2.45, 2.75) is 30.2 Å². The van der Waals surface area contributed by atoms with Crippen LogP contribution < -0.4 is 5.56 Å². The SMILES string of the molecule is CCn1nnnc1SCCCSc1nc2ccccc2c(=O)n1-c1ccccc1. The molecule has 0 aliphatic carbocycles. The fourth-order valence-electron chi connectivity index (χ4n) is 2.90. The molecule has 0 aliphatic heterocycles. The van der Waals surface area contributed by atoms with Crippen LogP contribution in [0.1, 0.15) is 13.3 Å². The molecular weight excluding hydrogens is 404 g/mol. The zero-order valence-corrected chi connectivity index (χ0v) is 17.6. The van der Waals surface area contributed by atoms with E-state index in [0.717, 1.165) is 40.8 Å². The lowest BCUT2D eigenvalue weighted by Gasteiger charge is -2.13. The smallest absolute Gasteiger partial charge is 0.266 e. The second kappa shape index (κ2) is 9.23. The Balaban J connectivity index is 1.52. The highest BCUT2D eigenvalue weighted by molar-refractivity contribution is 8.00. The van der Waals surface area contributed by atoms with E-state index in [-0.39, 0.29) is 5.56 Å². The van der Waals surface area contributed by atoms with Gasteiger partial charge in [-0.2, -0.15) is 0 Å². The van der Waals surface area contributed by atoms with Crippen molar-refractivity contribution in [3.63, 3.8) is 0 Å². The van der Waals surface area contributed by atoms with Crippen LogP contribution in [0.3, 0.4) is 0 Å².